The summed E-state index contributed by atoms with van der Waals surface area (Å²) < 4.78 is 191. The van der Waals surface area contributed by atoms with Crippen molar-refractivity contribution in [1.29, 1.82) is 0 Å². The molecule has 24 heteroatoms. The molecule has 0 aliphatic heterocycles. The molecule has 17 rings (SSSR count). The molecule has 0 spiro atoms. The molecular formula is C111H92O18S6. The normalized spacial score (nSPS) is 11.8. The largest absolute Gasteiger partial charge is 0.497 e. The molecule has 0 saturated heterocycles. The summed E-state index contributed by atoms with van der Waals surface area (Å²) in [6.07, 6.45) is 0. The topological polar surface area (TPSA) is 260 Å². The monoisotopic (exact) mass is 1900 g/mol. The van der Waals surface area contributed by atoms with Crippen LogP contribution in [0.2, 0.25) is 0 Å². The maximum absolute atomic E-state index is 13.4. The number of benzene rings is 17. The smallest absolute Gasteiger partial charge is 0.206 e. The van der Waals surface area contributed by atoms with Gasteiger partial charge in [0.1, 0.15) is 51.7 Å². The quantitative estimate of drug-likeness (QED) is 0.0463. The second kappa shape index (κ2) is 40.4. The van der Waals surface area contributed by atoms with E-state index in [1.54, 1.807) is 300 Å². The highest BCUT2D eigenvalue weighted by Gasteiger charge is 2.27. The SMILES string of the molecule is COc1ccc(-c2ccc(Oc3ccc(S(=O)(=O)c4ccc(-c5ccc(S(=O)(=O)c6ccc(C)cc6)cc5)cc4)cc3)cc2)cc1.COc1ccc(C(C)(C)c2ccc(Oc3ccc(S(=O)(=O)c4ccc(-c5ccc(S(=O)(=O)c6ccc(C)cc6)cc5)cc4)cc3)cc2)cc1.COc1ccc(Oc2ccc(S(=O)(=O)c3ccc(-c4ccc(S(=O)(=O)c5ccc(C)cc5)cc4)cc3)cc2)cc1. The fourth-order valence-corrected chi connectivity index (χ4v) is 22.2. The Morgan fingerprint density at radius 1 is 0.156 bits per heavy atom. The molecule has 18 nitrogen and oxygen atoms in total. The van der Waals surface area contributed by atoms with Crippen LogP contribution >= 0.6 is 0 Å². The maximum Gasteiger partial charge on any atom is 0.206 e. The number of sulfone groups is 6. The zero-order valence-corrected chi connectivity index (χ0v) is 79.5. The summed E-state index contributed by atoms with van der Waals surface area (Å²) in [7, 11) is -17.3. The molecule has 0 N–H and O–H groups in total. The Labute approximate surface area is 788 Å². The fraction of sp³-hybridized carbons (Fsp3) is 0.0811. The molecule has 0 aliphatic rings. The van der Waals surface area contributed by atoms with Crippen LogP contribution in [-0.2, 0) is 64.4 Å². The molecule has 0 fully saturated rings. The number of hydrogen-bond donors (Lipinski definition) is 0. The number of ether oxygens (including phenoxy) is 6. The molecule has 0 aromatic heterocycles. The first-order valence-electron chi connectivity index (χ1n) is 42.5. The number of rotatable bonds is 27. The lowest BCUT2D eigenvalue weighted by Gasteiger charge is -2.26. The molecule has 0 amide bonds. The molecule has 17 aromatic carbocycles. The van der Waals surface area contributed by atoms with Crippen LogP contribution in [0.15, 0.2) is 471 Å². The van der Waals surface area contributed by atoms with E-state index in [0.717, 1.165) is 83.8 Å². The minimum Gasteiger partial charge on any atom is -0.497 e. The fourth-order valence-electron chi connectivity index (χ4n) is 14.7. The Kier molecular flexibility index (Phi) is 28.4. The van der Waals surface area contributed by atoms with Crippen LogP contribution in [0.5, 0.6) is 51.7 Å². The first-order valence-corrected chi connectivity index (χ1v) is 51.4. The first kappa shape index (κ1) is 94.9. The summed E-state index contributed by atoms with van der Waals surface area (Å²) in [4.78, 5) is 2.18. The zero-order chi connectivity index (χ0) is 95.5. The van der Waals surface area contributed by atoms with Crippen molar-refractivity contribution in [3.63, 3.8) is 0 Å². The first-order chi connectivity index (χ1) is 64.7. The molecule has 135 heavy (non-hydrogen) atoms. The third-order valence-electron chi connectivity index (χ3n) is 22.8. The van der Waals surface area contributed by atoms with Crippen LogP contribution in [0.25, 0.3) is 44.5 Å². The van der Waals surface area contributed by atoms with E-state index in [-0.39, 0.29) is 64.2 Å². The van der Waals surface area contributed by atoms with E-state index < -0.39 is 59.0 Å². The standard InChI is InChI=1S/C41H36O6S2.C38H30O6S2.C32H26O6S2/c1-29-5-21-37(22-6-29)48(42,43)38-23-7-30(8-24-38)31-9-25-39(26-10-31)49(44,45)40-27-19-36(20-28-40)47-35-17-13-33(14-18-35)41(2,3)32-11-15-34(46-4)16-12-32;1-27-3-19-35(20-4-27)45(39,40)36-21-9-30(10-22-36)31-11-23-37(24-12-31)46(41,42)38-25-17-34(18-26-38)44-33-15-7-29(8-16-33)28-5-13-32(43-2)14-6-28;1-23-3-15-29(16-4-23)39(33,34)30-17-5-24(6-18-30)25-7-19-31(20-8-25)40(35,36)32-21-13-28(14-22-32)38-27-11-9-26(37-2)10-12-27/h5-28H,1-4H3;3-26H,1-2H3;3-22H,1-2H3. The van der Waals surface area contributed by atoms with Gasteiger partial charge in [-0.05, 0) is 331 Å². The second-order valence-electron chi connectivity index (χ2n) is 32.1. The molecular weight excluding hydrogens is 1810 g/mol. The number of methoxy groups -OCH3 is 3. The summed E-state index contributed by atoms with van der Waals surface area (Å²) in [5.41, 5.74) is 11.7. The molecule has 0 aliphatic carbocycles. The van der Waals surface area contributed by atoms with Gasteiger partial charge in [0.05, 0.1) is 80.1 Å². The van der Waals surface area contributed by atoms with Crippen LogP contribution in [0.4, 0.5) is 0 Å². The summed E-state index contributed by atoms with van der Waals surface area (Å²) >= 11 is 0. The lowest BCUT2D eigenvalue weighted by atomic mass is 9.78. The van der Waals surface area contributed by atoms with Gasteiger partial charge < -0.3 is 28.4 Å². The Morgan fingerprint density at radius 2 is 0.267 bits per heavy atom. The Balaban J connectivity index is 0.000000155. The van der Waals surface area contributed by atoms with E-state index >= 15 is 0 Å². The maximum atomic E-state index is 13.4. The predicted molar refractivity (Wildman–Crippen MR) is 524 cm³/mol. The van der Waals surface area contributed by atoms with Gasteiger partial charge in [-0.3, -0.25) is 0 Å². The number of hydrogen-bond acceptors (Lipinski definition) is 18. The third-order valence-corrected chi connectivity index (χ3v) is 33.5. The highest BCUT2D eigenvalue weighted by Crippen LogP contribution is 2.39. The van der Waals surface area contributed by atoms with Gasteiger partial charge in [0.25, 0.3) is 0 Å². The summed E-state index contributed by atoms with van der Waals surface area (Å²) in [5.74, 6) is 5.73. The number of aryl methyl sites for hydroxylation is 3. The van der Waals surface area contributed by atoms with E-state index in [2.05, 4.69) is 26.0 Å². The van der Waals surface area contributed by atoms with Gasteiger partial charge in [0.15, 0.2) is 0 Å². The van der Waals surface area contributed by atoms with Gasteiger partial charge in [0, 0.05) is 5.41 Å². The highest BCUT2D eigenvalue weighted by molar-refractivity contribution is 7.93. The molecule has 0 radical (unpaired) electrons. The molecule has 680 valence electrons. The molecule has 0 heterocycles. The summed E-state index contributed by atoms with van der Waals surface area (Å²) in [5, 5.41) is 0. The van der Waals surface area contributed by atoms with Crippen LogP contribution in [0, 0.1) is 20.8 Å². The minimum absolute atomic E-state index is 0.146. The molecule has 0 saturated carbocycles. The summed E-state index contributed by atoms with van der Waals surface area (Å²) in [6, 6.07) is 117. The van der Waals surface area contributed by atoms with E-state index in [0.29, 0.717) is 40.2 Å². The van der Waals surface area contributed by atoms with Crippen molar-refractivity contribution in [2.45, 2.75) is 98.8 Å². The molecule has 0 unspecified atom stereocenters. The Morgan fingerprint density at radius 3 is 0.437 bits per heavy atom. The second-order valence-corrected chi connectivity index (χ2v) is 43.8. The van der Waals surface area contributed by atoms with E-state index in [1.807, 2.05) is 106 Å². The highest BCUT2D eigenvalue weighted by atomic mass is 32.2. The Hall–Kier alpha value is -14.8. The van der Waals surface area contributed by atoms with Crippen molar-refractivity contribution in [2.24, 2.45) is 0 Å². The lowest BCUT2D eigenvalue weighted by molar-refractivity contribution is 0.413. The van der Waals surface area contributed by atoms with Gasteiger partial charge in [-0.1, -0.05) is 188 Å². The van der Waals surface area contributed by atoms with Crippen molar-refractivity contribution in [2.75, 3.05) is 21.3 Å². The minimum atomic E-state index is -3.78. The van der Waals surface area contributed by atoms with Crippen LogP contribution in [0.3, 0.4) is 0 Å². The van der Waals surface area contributed by atoms with Gasteiger partial charge in [-0.15, -0.1) is 0 Å². The predicted octanol–water partition coefficient (Wildman–Crippen LogP) is 25.4. The third kappa shape index (κ3) is 22.0. The molecule has 0 atom stereocenters. The van der Waals surface area contributed by atoms with Gasteiger partial charge >= 0.3 is 0 Å². The van der Waals surface area contributed by atoms with Crippen molar-refractivity contribution >= 4 is 59.0 Å². The van der Waals surface area contributed by atoms with Gasteiger partial charge in [0.2, 0.25) is 59.0 Å². The average molecular weight is 1910 g/mol. The molecule has 0 bridgehead atoms. The van der Waals surface area contributed by atoms with E-state index in [4.69, 9.17) is 28.4 Å². The van der Waals surface area contributed by atoms with Crippen LogP contribution in [-0.4, -0.2) is 71.8 Å². The van der Waals surface area contributed by atoms with Gasteiger partial charge in [-0.25, -0.2) is 50.5 Å². The Bertz CT molecular complexity index is 7760. The van der Waals surface area contributed by atoms with Crippen molar-refractivity contribution in [3.05, 3.63) is 440 Å². The van der Waals surface area contributed by atoms with E-state index in [9.17, 15) is 50.5 Å². The average Bonchev–Trinajstić information content (AvgIpc) is 0.812. The van der Waals surface area contributed by atoms with Gasteiger partial charge in [-0.2, -0.15) is 0 Å². The van der Waals surface area contributed by atoms with Crippen molar-refractivity contribution in [3.8, 4) is 96.3 Å². The van der Waals surface area contributed by atoms with Crippen LogP contribution in [0.1, 0.15) is 41.7 Å². The lowest BCUT2D eigenvalue weighted by Crippen LogP contribution is -2.18. The van der Waals surface area contributed by atoms with Crippen LogP contribution < -0.4 is 28.4 Å². The van der Waals surface area contributed by atoms with Crippen molar-refractivity contribution < 1.29 is 78.9 Å². The molecule has 17 aromatic rings. The van der Waals surface area contributed by atoms with Crippen molar-refractivity contribution in [1.82, 2.24) is 0 Å². The van der Waals surface area contributed by atoms with E-state index in [1.165, 1.54) is 36.4 Å². The zero-order valence-electron chi connectivity index (χ0n) is 74.6. The summed E-state index contributed by atoms with van der Waals surface area (Å²) in [6.45, 7) is 10.0.